The van der Waals surface area contributed by atoms with E-state index in [1.807, 2.05) is 12.2 Å². The van der Waals surface area contributed by atoms with Gasteiger partial charge in [0.2, 0.25) is 0 Å². The zero-order valence-corrected chi connectivity index (χ0v) is 43.4. The number of rotatable bonds is 50. The van der Waals surface area contributed by atoms with Crippen molar-refractivity contribution in [3.63, 3.8) is 0 Å². The lowest BCUT2D eigenvalue weighted by Crippen LogP contribution is -2.30. The topological polar surface area (TPSA) is 78.9 Å². The molecule has 0 amide bonds. The van der Waals surface area contributed by atoms with E-state index in [-0.39, 0.29) is 31.6 Å². The van der Waals surface area contributed by atoms with Gasteiger partial charge >= 0.3 is 17.9 Å². The highest BCUT2D eigenvalue weighted by Crippen LogP contribution is 2.16. The molecular formula is C60H104O6. The van der Waals surface area contributed by atoms with E-state index in [9.17, 15) is 14.4 Å². The van der Waals surface area contributed by atoms with Crippen LogP contribution in [0, 0.1) is 0 Å². The molecule has 0 saturated heterocycles. The van der Waals surface area contributed by atoms with Crippen LogP contribution in [0.5, 0.6) is 0 Å². The van der Waals surface area contributed by atoms with Crippen LogP contribution < -0.4 is 0 Å². The van der Waals surface area contributed by atoms with E-state index in [4.69, 9.17) is 14.2 Å². The standard InChI is InChI=1S/C60H104O6/c1-4-7-10-13-16-19-22-25-27-29-30-31-33-35-38-41-44-47-50-53-59(62)65-56-57(55-64-58(61)52-49-46-43-40-37-34-24-21-18-15-12-9-6-3)66-60(63)54-51-48-45-42-39-36-32-28-26-23-20-17-14-11-8-5-2/h8,11,17,20,26,28,34,36-37,39,45,48,57H,4-7,9-10,12-16,18-19,21-25,27,29-33,35,38,40-44,46-47,49-56H2,1-3H3/b11-8-,20-17-,28-26-,37-34-,39-36-,48-45-. The monoisotopic (exact) mass is 921 g/mol. The molecule has 0 aromatic rings. The van der Waals surface area contributed by atoms with Gasteiger partial charge in [-0.2, -0.15) is 0 Å². The van der Waals surface area contributed by atoms with Crippen LogP contribution in [-0.4, -0.2) is 37.2 Å². The molecule has 0 aliphatic heterocycles. The van der Waals surface area contributed by atoms with Gasteiger partial charge in [-0.25, -0.2) is 0 Å². The van der Waals surface area contributed by atoms with Crippen molar-refractivity contribution in [2.45, 2.75) is 277 Å². The maximum atomic E-state index is 12.8. The number of hydrogen-bond donors (Lipinski definition) is 0. The molecule has 1 atom stereocenters. The molecule has 0 rings (SSSR count). The van der Waals surface area contributed by atoms with E-state index in [1.54, 1.807) is 0 Å². The van der Waals surface area contributed by atoms with Crippen LogP contribution in [0.25, 0.3) is 0 Å². The second kappa shape index (κ2) is 54.5. The first kappa shape index (κ1) is 62.8. The Morgan fingerprint density at radius 3 is 1.00 bits per heavy atom. The summed E-state index contributed by atoms with van der Waals surface area (Å²) in [6, 6.07) is 0. The molecule has 0 fully saturated rings. The molecule has 0 heterocycles. The molecule has 0 saturated carbocycles. The molecule has 0 aromatic heterocycles. The van der Waals surface area contributed by atoms with E-state index in [0.29, 0.717) is 19.3 Å². The Labute approximate surface area is 408 Å². The lowest BCUT2D eigenvalue weighted by atomic mass is 10.0. The minimum atomic E-state index is -0.819. The highest BCUT2D eigenvalue weighted by atomic mass is 16.6. The normalized spacial score (nSPS) is 12.6. The first-order valence-electron chi connectivity index (χ1n) is 27.9. The fourth-order valence-corrected chi connectivity index (χ4v) is 7.78. The number of carbonyl (C=O) groups is 3. The largest absolute Gasteiger partial charge is 0.462 e. The Bertz CT molecular complexity index is 1240. The van der Waals surface area contributed by atoms with E-state index in [0.717, 1.165) is 83.5 Å². The van der Waals surface area contributed by atoms with Gasteiger partial charge in [0.25, 0.3) is 0 Å². The Kier molecular flexibility index (Phi) is 51.9. The number of allylic oxidation sites excluding steroid dienone is 12. The van der Waals surface area contributed by atoms with Gasteiger partial charge in [0.05, 0.1) is 0 Å². The van der Waals surface area contributed by atoms with Crippen molar-refractivity contribution in [2.75, 3.05) is 13.2 Å². The van der Waals surface area contributed by atoms with Crippen molar-refractivity contribution in [3.05, 3.63) is 72.9 Å². The van der Waals surface area contributed by atoms with Gasteiger partial charge in [-0.1, -0.05) is 248 Å². The van der Waals surface area contributed by atoms with Gasteiger partial charge in [-0.15, -0.1) is 0 Å². The summed E-state index contributed by atoms with van der Waals surface area (Å²) >= 11 is 0. The molecular weight excluding hydrogens is 817 g/mol. The van der Waals surface area contributed by atoms with Crippen LogP contribution in [0.4, 0.5) is 0 Å². The molecule has 380 valence electrons. The minimum absolute atomic E-state index is 0.107. The third-order valence-electron chi connectivity index (χ3n) is 12.0. The van der Waals surface area contributed by atoms with Crippen LogP contribution in [0.1, 0.15) is 271 Å². The second-order valence-electron chi connectivity index (χ2n) is 18.5. The molecule has 6 nitrogen and oxygen atoms in total. The van der Waals surface area contributed by atoms with Crippen molar-refractivity contribution >= 4 is 17.9 Å². The molecule has 0 spiro atoms. The summed E-state index contributed by atoms with van der Waals surface area (Å²) < 4.78 is 16.8. The average molecular weight is 921 g/mol. The van der Waals surface area contributed by atoms with Crippen molar-refractivity contribution in [2.24, 2.45) is 0 Å². The Morgan fingerprint density at radius 2 is 0.621 bits per heavy atom. The van der Waals surface area contributed by atoms with E-state index in [1.165, 1.54) is 141 Å². The van der Waals surface area contributed by atoms with Crippen LogP contribution in [0.2, 0.25) is 0 Å². The Morgan fingerprint density at radius 1 is 0.318 bits per heavy atom. The summed E-state index contributed by atoms with van der Waals surface area (Å²) in [6.07, 6.45) is 69.1. The molecule has 1 unspecified atom stereocenters. The zero-order chi connectivity index (χ0) is 47.9. The number of hydrogen-bond acceptors (Lipinski definition) is 6. The van der Waals surface area contributed by atoms with Crippen molar-refractivity contribution in [1.29, 1.82) is 0 Å². The zero-order valence-electron chi connectivity index (χ0n) is 43.4. The van der Waals surface area contributed by atoms with Crippen molar-refractivity contribution < 1.29 is 28.6 Å². The summed E-state index contributed by atoms with van der Waals surface area (Å²) in [5, 5.41) is 0. The quantitative estimate of drug-likeness (QED) is 0.0262. The molecule has 6 heteroatoms. The van der Waals surface area contributed by atoms with Gasteiger partial charge < -0.3 is 14.2 Å². The van der Waals surface area contributed by atoms with Crippen LogP contribution in [-0.2, 0) is 28.6 Å². The number of unbranched alkanes of at least 4 members (excludes halogenated alkanes) is 27. The summed E-state index contributed by atoms with van der Waals surface area (Å²) in [7, 11) is 0. The number of ether oxygens (including phenoxy) is 3. The molecule has 0 bridgehead atoms. The maximum Gasteiger partial charge on any atom is 0.306 e. The van der Waals surface area contributed by atoms with Crippen molar-refractivity contribution in [1.82, 2.24) is 0 Å². The third kappa shape index (κ3) is 51.8. The predicted molar refractivity (Wildman–Crippen MR) is 284 cm³/mol. The van der Waals surface area contributed by atoms with E-state index in [2.05, 4.69) is 81.5 Å². The third-order valence-corrected chi connectivity index (χ3v) is 12.0. The fourth-order valence-electron chi connectivity index (χ4n) is 7.78. The van der Waals surface area contributed by atoms with Crippen LogP contribution >= 0.6 is 0 Å². The van der Waals surface area contributed by atoms with Gasteiger partial charge in [0.1, 0.15) is 13.2 Å². The first-order chi connectivity index (χ1) is 32.5. The maximum absolute atomic E-state index is 12.8. The summed E-state index contributed by atoms with van der Waals surface area (Å²) in [6.45, 7) is 6.46. The summed E-state index contributed by atoms with van der Waals surface area (Å²) in [4.78, 5) is 38.0. The average Bonchev–Trinajstić information content (AvgIpc) is 3.31. The second-order valence-corrected chi connectivity index (χ2v) is 18.5. The smallest absolute Gasteiger partial charge is 0.306 e. The SMILES string of the molecule is CC/C=C\C/C=C\C/C=C\C/C=C\C/C=C\CCC(=O)OC(COC(=O)CCCCC/C=C\CCCCCCCC)COC(=O)CCCCCCCCCCCCCCCCCCCCC. The van der Waals surface area contributed by atoms with Gasteiger partial charge in [0, 0.05) is 19.3 Å². The highest BCUT2D eigenvalue weighted by molar-refractivity contribution is 5.71. The Balaban J connectivity index is 4.44. The number of carbonyl (C=O) groups excluding carboxylic acids is 3. The predicted octanol–water partition coefficient (Wildman–Crippen LogP) is 18.6. The molecule has 66 heavy (non-hydrogen) atoms. The van der Waals surface area contributed by atoms with Gasteiger partial charge in [-0.05, 0) is 77.0 Å². The van der Waals surface area contributed by atoms with Gasteiger partial charge in [0.15, 0.2) is 6.10 Å². The fraction of sp³-hybridized carbons (Fsp3) is 0.750. The van der Waals surface area contributed by atoms with Gasteiger partial charge in [-0.3, -0.25) is 14.4 Å². The summed E-state index contributed by atoms with van der Waals surface area (Å²) in [5.41, 5.74) is 0. The van der Waals surface area contributed by atoms with E-state index < -0.39 is 12.1 Å². The van der Waals surface area contributed by atoms with Crippen LogP contribution in [0.15, 0.2) is 72.9 Å². The van der Waals surface area contributed by atoms with Crippen LogP contribution in [0.3, 0.4) is 0 Å². The molecule has 0 aliphatic carbocycles. The summed E-state index contributed by atoms with van der Waals surface area (Å²) in [5.74, 6) is -1.00. The lowest BCUT2D eigenvalue weighted by Gasteiger charge is -2.18. The molecule has 0 aliphatic rings. The lowest BCUT2D eigenvalue weighted by molar-refractivity contribution is -0.166. The Hall–Kier alpha value is -3.15. The number of esters is 3. The first-order valence-corrected chi connectivity index (χ1v) is 27.9. The molecule has 0 N–H and O–H groups in total. The minimum Gasteiger partial charge on any atom is -0.462 e. The van der Waals surface area contributed by atoms with E-state index >= 15 is 0 Å². The van der Waals surface area contributed by atoms with Crippen molar-refractivity contribution in [3.8, 4) is 0 Å². The molecule has 0 radical (unpaired) electrons. The molecule has 0 aromatic carbocycles. The highest BCUT2D eigenvalue weighted by Gasteiger charge is 2.19.